The molecule has 6 nitrogen and oxygen atoms in total. The van der Waals surface area contributed by atoms with E-state index in [1.807, 2.05) is 18.2 Å². The van der Waals surface area contributed by atoms with Crippen molar-refractivity contribution >= 4 is 29.3 Å². The van der Waals surface area contributed by atoms with Crippen molar-refractivity contribution in [3.05, 3.63) is 23.5 Å². The number of nitrogens with two attached hydrogens (primary N) is 1. The number of anilines is 1. The summed E-state index contributed by atoms with van der Waals surface area (Å²) in [6, 6.07) is 5.61. The molecule has 0 amide bonds. The van der Waals surface area contributed by atoms with Crippen LogP contribution in [0.5, 0.6) is 11.5 Å². The van der Waals surface area contributed by atoms with Gasteiger partial charge in [-0.25, -0.2) is 0 Å². The zero-order chi connectivity index (χ0) is 13.2. The zero-order valence-electron chi connectivity index (χ0n) is 9.67. The van der Waals surface area contributed by atoms with Gasteiger partial charge in [-0.15, -0.1) is 0 Å². The number of aromatic nitrogens is 3. The van der Waals surface area contributed by atoms with E-state index in [0.717, 1.165) is 10.6 Å². The number of benzene rings is 1. The maximum atomic E-state index is 5.73. The SMILES string of the molecule is Nc1nc(Cl)nc(Sc2ccc3c(c2)OCCO3)n1. The third kappa shape index (κ3) is 2.82. The van der Waals surface area contributed by atoms with Crippen molar-refractivity contribution in [2.24, 2.45) is 0 Å². The highest BCUT2D eigenvalue weighted by Gasteiger charge is 2.13. The van der Waals surface area contributed by atoms with Crippen LogP contribution < -0.4 is 15.2 Å². The fourth-order valence-electron chi connectivity index (χ4n) is 1.58. The van der Waals surface area contributed by atoms with Gasteiger partial charge in [-0.3, -0.25) is 0 Å². The zero-order valence-corrected chi connectivity index (χ0v) is 11.2. The Morgan fingerprint density at radius 2 is 1.89 bits per heavy atom. The Balaban J connectivity index is 1.86. The second-order valence-corrected chi connectivity index (χ2v) is 5.03. The Bertz CT molecular complexity index is 605. The highest BCUT2D eigenvalue weighted by atomic mass is 35.5. The molecule has 1 aliphatic rings. The Kier molecular flexibility index (Phi) is 3.31. The number of ether oxygens (including phenoxy) is 2. The van der Waals surface area contributed by atoms with Gasteiger partial charge in [0.15, 0.2) is 16.7 Å². The van der Waals surface area contributed by atoms with Gasteiger partial charge < -0.3 is 15.2 Å². The molecule has 1 aromatic carbocycles. The second kappa shape index (κ2) is 5.10. The number of nitrogens with zero attached hydrogens (tertiary/aromatic N) is 3. The van der Waals surface area contributed by atoms with Crippen LogP contribution in [0, 0.1) is 0 Å². The van der Waals surface area contributed by atoms with Crippen molar-refractivity contribution in [3.63, 3.8) is 0 Å². The molecule has 0 spiro atoms. The topological polar surface area (TPSA) is 83.2 Å². The summed E-state index contributed by atoms with van der Waals surface area (Å²) in [4.78, 5) is 12.6. The molecule has 0 saturated carbocycles. The highest BCUT2D eigenvalue weighted by molar-refractivity contribution is 7.99. The quantitative estimate of drug-likeness (QED) is 0.907. The number of fused-ring (bicyclic) bond motifs is 1. The van der Waals surface area contributed by atoms with Crippen LogP contribution in [0.3, 0.4) is 0 Å². The summed E-state index contributed by atoms with van der Waals surface area (Å²) in [6.07, 6.45) is 0. The lowest BCUT2D eigenvalue weighted by molar-refractivity contribution is 0.171. The van der Waals surface area contributed by atoms with Crippen molar-refractivity contribution in [2.75, 3.05) is 18.9 Å². The van der Waals surface area contributed by atoms with E-state index in [0.29, 0.717) is 24.1 Å². The molecule has 0 radical (unpaired) electrons. The summed E-state index contributed by atoms with van der Waals surface area (Å²) in [5.74, 6) is 1.55. The molecule has 2 aromatic rings. The van der Waals surface area contributed by atoms with Gasteiger partial charge >= 0.3 is 0 Å². The van der Waals surface area contributed by atoms with Crippen LogP contribution in [0.1, 0.15) is 0 Å². The highest BCUT2D eigenvalue weighted by Crippen LogP contribution is 2.36. The average Bonchev–Trinajstić information content (AvgIpc) is 2.37. The van der Waals surface area contributed by atoms with Crippen LogP contribution in [-0.4, -0.2) is 28.2 Å². The summed E-state index contributed by atoms with van der Waals surface area (Å²) < 4.78 is 11.0. The first kappa shape index (κ1) is 12.3. The Labute approximate surface area is 118 Å². The molecule has 8 heteroatoms. The summed E-state index contributed by atoms with van der Waals surface area (Å²) in [6.45, 7) is 1.12. The van der Waals surface area contributed by atoms with Gasteiger partial charge in [-0.2, -0.15) is 15.0 Å². The first-order valence-electron chi connectivity index (χ1n) is 5.45. The lowest BCUT2D eigenvalue weighted by Crippen LogP contribution is -2.15. The number of hydrogen-bond acceptors (Lipinski definition) is 7. The lowest BCUT2D eigenvalue weighted by atomic mass is 10.3. The van der Waals surface area contributed by atoms with E-state index in [9.17, 15) is 0 Å². The molecule has 0 bridgehead atoms. The van der Waals surface area contributed by atoms with Gasteiger partial charge in [0.1, 0.15) is 13.2 Å². The number of hydrogen-bond donors (Lipinski definition) is 1. The Morgan fingerprint density at radius 1 is 1.11 bits per heavy atom. The molecule has 2 heterocycles. The van der Waals surface area contributed by atoms with Gasteiger partial charge in [-0.1, -0.05) is 0 Å². The van der Waals surface area contributed by atoms with Crippen molar-refractivity contribution in [1.82, 2.24) is 15.0 Å². The Morgan fingerprint density at radius 3 is 2.68 bits per heavy atom. The van der Waals surface area contributed by atoms with E-state index in [4.69, 9.17) is 26.8 Å². The van der Waals surface area contributed by atoms with Crippen LogP contribution in [0.25, 0.3) is 0 Å². The first-order valence-corrected chi connectivity index (χ1v) is 6.65. The molecular formula is C11H9ClN4O2S. The van der Waals surface area contributed by atoms with Crippen LogP contribution in [0.15, 0.2) is 28.3 Å². The third-order valence-electron chi connectivity index (χ3n) is 2.33. The first-order chi connectivity index (χ1) is 9.20. The minimum absolute atomic E-state index is 0.0764. The van der Waals surface area contributed by atoms with Crippen molar-refractivity contribution < 1.29 is 9.47 Å². The normalized spacial score (nSPS) is 13.3. The number of nitrogen functional groups attached to an aromatic ring is 1. The van der Waals surface area contributed by atoms with Crippen LogP contribution in [0.2, 0.25) is 5.28 Å². The summed E-state index contributed by atoms with van der Waals surface area (Å²) in [5.41, 5.74) is 5.52. The third-order valence-corrected chi connectivity index (χ3v) is 3.35. The minimum Gasteiger partial charge on any atom is -0.486 e. The number of rotatable bonds is 2. The summed E-state index contributed by atoms with van der Waals surface area (Å²) >= 11 is 7.06. The average molecular weight is 297 g/mol. The number of halogens is 1. The fourth-order valence-corrected chi connectivity index (χ4v) is 2.59. The fraction of sp³-hybridized carbons (Fsp3) is 0.182. The van der Waals surface area contributed by atoms with Gasteiger partial charge in [0.25, 0.3) is 0 Å². The minimum atomic E-state index is 0.0764. The molecule has 0 saturated heterocycles. The van der Waals surface area contributed by atoms with E-state index >= 15 is 0 Å². The van der Waals surface area contributed by atoms with Crippen molar-refractivity contribution in [2.45, 2.75) is 10.1 Å². The van der Waals surface area contributed by atoms with Crippen LogP contribution >= 0.6 is 23.4 Å². The molecule has 1 aromatic heterocycles. The Hall–Kier alpha value is -1.73. The van der Waals surface area contributed by atoms with Gasteiger partial charge in [0.2, 0.25) is 11.2 Å². The van der Waals surface area contributed by atoms with Gasteiger partial charge in [0, 0.05) is 4.90 Å². The van der Waals surface area contributed by atoms with E-state index < -0.39 is 0 Å². The van der Waals surface area contributed by atoms with Gasteiger partial charge in [0.05, 0.1) is 0 Å². The van der Waals surface area contributed by atoms with Crippen molar-refractivity contribution in [3.8, 4) is 11.5 Å². The molecule has 0 unspecified atom stereocenters. The predicted octanol–water partition coefficient (Wildman–Crippen LogP) is 2.03. The van der Waals surface area contributed by atoms with Crippen LogP contribution in [0.4, 0.5) is 5.95 Å². The summed E-state index contributed by atoms with van der Waals surface area (Å²) in [5, 5.41) is 0.515. The molecule has 1 aliphatic heterocycles. The predicted molar refractivity (Wildman–Crippen MR) is 70.8 cm³/mol. The molecule has 0 fully saturated rings. The van der Waals surface area contributed by atoms with Crippen LogP contribution in [-0.2, 0) is 0 Å². The van der Waals surface area contributed by atoms with E-state index in [1.54, 1.807) is 0 Å². The molecule has 0 aliphatic carbocycles. The standard InChI is InChI=1S/C11H9ClN4O2S/c12-9-14-10(13)16-11(15-9)19-6-1-2-7-8(5-6)18-4-3-17-7/h1-2,5H,3-4H2,(H2,13,14,15,16). The maximum Gasteiger partial charge on any atom is 0.228 e. The van der Waals surface area contributed by atoms with Gasteiger partial charge in [-0.05, 0) is 41.6 Å². The molecule has 19 heavy (non-hydrogen) atoms. The van der Waals surface area contributed by atoms with E-state index in [1.165, 1.54) is 11.8 Å². The van der Waals surface area contributed by atoms with Crippen molar-refractivity contribution in [1.29, 1.82) is 0 Å². The monoisotopic (exact) mass is 296 g/mol. The molecule has 2 N–H and O–H groups in total. The molecule has 3 rings (SSSR count). The second-order valence-electron chi connectivity index (χ2n) is 3.65. The van der Waals surface area contributed by atoms with E-state index in [-0.39, 0.29) is 11.2 Å². The maximum absolute atomic E-state index is 5.73. The largest absolute Gasteiger partial charge is 0.486 e. The summed E-state index contributed by atoms with van der Waals surface area (Å²) in [7, 11) is 0. The molecular weight excluding hydrogens is 288 g/mol. The smallest absolute Gasteiger partial charge is 0.228 e. The molecule has 0 atom stereocenters. The molecule has 98 valence electrons. The van der Waals surface area contributed by atoms with E-state index in [2.05, 4.69) is 15.0 Å². The lowest BCUT2D eigenvalue weighted by Gasteiger charge is -2.18.